The maximum atomic E-state index is 14.3. The van der Waals surface area contributed by atoms with E-state index < -0.39 is 72.2 Å². The van der Waals surface area contributed by atoms with Gasteiger partial charge in [-0.25, -0.2) is 49.7 Å². The van der Waals surface area contributed by atoms with E-state index in [0.29, 0.717) is 68.7 Å². The molecule has 0 fully saturated rings. The van der Waals surface area contributed by atoms with Gasteiger partial charge in [0.15, 0.2) is 5.69 Å². The number of carbonyl (C=O) groups is 7. The molecule has 0 saturated heterocycles. The van der Waals surface area contributed by atoms with Gasteiger partial charge in [0, 0.05) is 46.1 Å². The van der Waals surface area contributed by atoms with Crippen molar-refractivity contribution in [1.29, 1.82) is 0 Å². The number of carbonyl (C=O) groups excluding carboxylic acids is 6. The molecular formula is C53H47N15O10S6. The van der Waals surface area contributed by atoms with E-state index in [1.54, 1.807) is 70.9 Å². The molecule has 0 aliphatic carbocycles. The zero-order chi connectivity index (χ0) is 59.3. The zero-order valence-corrected chi connectivity index (χ0v) is 49.5. The number of thiazole rings is 6. The molecule has 1 aliphatic heterocycles. The third-order valence-corrected chi connectivity index (χ3v) is 18.3. The number of ether oxygens (including phenoxy) is 1. The highest BCUT2D eigenvalue weighted by atomic mass is 32.1. The second kappa shape index (κ2) is 25.5. The number of carboxylic acids is 1. The van der Waals surface area contributed by atoms with Crippen LogP contribution in [0.2, 0.25) is 0 Å². The quantitative estimate of drug-likeness (QED) is 0.0642. The molecule has 0 saturated carbocycles. The average Bonchev–Trinajstić information content (AvgIpc) is 3.76. The van der Waals surface area contributed by atoms with Gasteiger partial charge in [0.05, 0.1) is 54.6 Å². The fraction of sp³-hybridized carbons (Fsp3) is 0.245. The van der Waals surface area contributed by atoms with Crippen LogP contribution in [0.25, 0.3) is 43.4 Å². The van der Waals surface area contributed by atoms with Crippen LogP contribution in [0.15, 0.2) is 76.4 Å². The van der Waals surface area contributed by atoms with Gasteiger partial charge >= 0.3 is 5.97 Å². The number of nitrogens with one attached hydrogen (secondary N) is 6. The van der Waals surface area contributed by atoms with E-state index in [2.05, 4.69) is 56.8 Å². The van der Waals surface area contributed by atoms with Gasteiger partial charge in [-0.3, -0.25) is 28.8 Å². The number of pyridine rings is 1. The molecule has 84 heavy (non-hydrogen) atoms. The van der Waals surface area contributed by atoms with Crippen LogP contribution in [0.5, 0.6) is 0 Å². The summed E-state index contributed by atoms with van der Waals surface area (Å²) in [6.45, 7) is 4.91. The highest BCUT2D eigenvalue weighted by molar-refractivity contribution is 7.15. The average molecular weight is 1250 g/mol. The second-order valence-corrected chi connectivity index (χ2v) is 24.5. The molecule has 0 radical (unpaired) electrons. The van der Waals surface area contributed by atoms with Crippen molar-refractivity contribution < 1.29 is 48.5 Å². The first-order valence-electron chi connectivity index (χ1n) is 25.2. The third kappa shape index (κ3) is 13.0. The van der Waals surface area contributed by atoms with Crippen molar-refractivity contribution in [3.05, 3.63) is 135 Å². The zero-order valence-electron chi connectivity index (χ0n) is 44.6. The Labute approximate surface area is 500 Å². The summed E-state index contributed by atoms with van der Waals surface area (Å²) in [7, 11) is 2.92. The van der Waals surface area contributed by atoms with Crippen molar-refractivity contribution in [3.8, 4) is 43.4 Å². The summed E-state index contributed by atoms with van der Waals surface area (Å²) in [4.78, 5) is 136. The molecule has 1 aromatic carbocycles. The number of rotatable bonds is 11. The van der Waals surface area contributed by atoms with Crippen molar-refractivity contribution in [3.63, 3.8) is 0 Å². The number of fused-ring (bicyclic) bond motifs is 14. The summed E-state index contributed by atoms with van der Waals surface area (Å²) in [6, 6.07) is 9.31. The predicted molar refractivity (Wildman–Crippen MR) is 314 cm³/mol. The summed E-state index contributed by atoms with van der Waals surface area (Å²) in [5.74, 6) is -5.04. The summed E-state index contributed by atoms with van der Waals surface area (Å²) < 4.78 is 5.44. The van der Waals surface area contributed by atoms with E-state index in [0.717, 1.165) is 46.4 Å². The van der Waals surface area contributed by atoms with Gasteiger partial charge < -0.3 is 46.9 Å². The molecule has 0 spiro atoms. The molecule has 6 amide bonds. The number of amides is 6. The van der Waals surface area contributed by atoms with Crippen LogP contribution in [-0.4, -0.2) is 117 Å². The Hall–Kier alpha value is -8.56. The van der Waals surface area contributed by atoms with Gasteiger partial charge in [-0.15, -0.1) is 68.0 Å². The first kappa shape index (κ1) is 58.6. The Morgan fingerprint density at radius 2 is 1.39 bits per heavy atom. The number of aromatic nitrogens is 9. The molecule has 10 rings (SSSR count). The van der Waals surface area contributed by atoms with Gasteiger partial charge in [0.2, 0.25) is 11.8 Å². The molecule has 1 aliphatic rings. The molecular weight excluding hydrogens is 1200 g/mol. The maximum absolute atomic E-state index is 14.3. The number of hydrogen-bond acceptors (Lipinski definition) is 24. The number of aromatic carboxylic acids is 1. The molecule has 8 aromatic heterocycles. The summed E-state index contributed by atoms with van der Waals surface area (Å²) in [5.41, 5.74) is 1.98. The van der Waals surface area contributed by atoms with Crippen molar-refractivity contribution in [2.75, 3.05) is 26.0 Å². The van der Waals surface area contributed by atoms with E-state index in [9.17, 15) is 43.8 Å². The molecule has 4 atom stereocenters. The molecule has 10 bridgehead atoms. The number of anilines is 1. The number of nitrogens with zero attached hydrogens (tertiary/aromatic N) is 9. The van der Waals surface area contributed by atoms with Crippen molar-refractivity contribution >= 4 is 115 Å². The van der Waals surface area contributed by atoms with Crippen LogP contribution in [0.4, 0.5) is 5.82 Å². The van der Waals surface area contributed by atoms with Crippen LogP contribution < -0.4 is 31.9 Å². The molecule has 430 valence electrons. The fourth-order valence-corrected chi connectivity index (χ4v) is 13.9. The molecule has 8 N–H and O–H groups in total. The number of aliphatic hydroxyl groups excluding tert-OH is 1. The van der Waals surface area contributed by atoms with Crippen LogP contribution >= 0.6 is 68.0 Å². The number of aryl methyl sites for hydroxylation is 1. The summed E-state index contributed by atoms with van der Waals surface area (Å²) in [5, 5.41) is 46.6. The number of carboxylic acid groups (broad SMARTS) is 1. The Bertz CT molecular complexity index is 3970. The minimum atomic E-state index is -1.30. The number of aliphatic hydroxyl groups is 1. The fourth-order valence-electron chi connectivity index (χ4n) is 8.38. The monoisotopic (exact) mass is 1250 g/mol. The van der Waals surface area contributed by atoms with Crippen molar-refractivity contribution in [2.45, 2.75) is 58.0 Å². The smallest absolute Gasteiger partial charge is 0.356 e. The Morgan fingerprint density at radius 1 is 0.690 bits per heavy atom. The SMILES string of the molecule is CNC(=O)C[C@@H]1NC(=O)c2csc(n2)-c2ccc(-c3nc(NC(=O)c4cnc(C(=O)O)cn4)cs3)nc2-c2csc(n2)-c2csc(n2)[C@H]([C@@H](O)c2ccccc2)NC(=O)CNC(=O)c2nc(sc2COC)[C@H](C(C)C)NC(=O)c2nc1sc2C. The van der Waals surface area contributed by atoms with E-state index in [-0.39, 0.29) is 58.2 Å². The minimum absolute atomic E-state index is 0.00199. The highest BCUT2D eigenvalue weighted by Crippen LogP contribution is 2.40. The van der Waals surface area contributed by atoms with E-state index in [4.69, 9.17) is 24.7 Å². The van der Waals surface area contributed by atoms with Crippen LogP contribution in [0.1, 0.15) is 127 Å². The van der Waals surface area contributed by atoms with Crippen LogP contribution in [0, 0.1) is 12.8 Å². The molecule has 31 heteroatoms. The number of hydrogen-bond donors (Lipinski definition) is 8. The van der Waals surface area contributed by atoms with E-state index in [1.807, 2.05) is 13.8 Å². The second-order valence-electron chi connectivity index (χ2n) is 18.7. The number of methoxy groups -OCH3 is 1. The first-order valence-corrected chi connectivity index (χ1v) is 30.4. The van der Waals surface area contributed by atoms with Crippen molar-refractivity contribution in [1.82, 2.24) is 71.4 Å². The summed E-state index contributed by atoms with van der Waals surface area (Å²) in [6.07, 6.45) is 0.482. The van der Waals surface area contributed by atoms with E-state index in [1.165, 1.54) is 48.2 Å². The van der Waals surface area contributed by atoms with Crippen LogP contribution in [-0.2, 0) is 20.9 Å². The normalized spacial score (nSPS) is 16.2. The standard InChI is InChI=1S/C53H47N15O10S6/c1-22(2)37-52-68-40(33(84-52)17-78-5)45(74)57-16-36(70)65-41(42(71)24-9-7-6-8-10-24)51-62-32(20-81-51)49-60-30(18-80-49)39-25(11-12-26(58-39)48-64-34(21-82-48)63-43(72)28-14-56-29(15-55-28)53(76)77)47-61-31(19-79-47)44(73)59-27(13-35(69)54-4)50-67-38(23(3)83-50)46(75)66-37/h6-12,14-15,18-22,27,37,41-42,71H,13,16-17H2,1-5H3,(H,54,69)(H,57,74)(H,59,73)(H,63,72)(H,65,70)(H,66,75)(H,76,77)/t27-,37-,41-,42-/m0/s1. The van der Waals surface area contributed by atoms with Gasteiger partial charge in [0.25, 0.3) is 23.6 Å². The highest BCUT2D eigenvalue weighted by Gasteiger charge is 2.33. The molecule has 0 unspecified atom stereocenters. The third-order valence-electron chi connectivity index (χ3n) is 12.6. The molecule has 9 aromatic rings. The molecule has 9 heterocycles. The van der Waals surface area contributed by atoms with Gasteiger partial charge in [-0.2, -0.15) is 0 Å². The Kier molecular flexibility index (Phi) is 17.8. The topological polar surface area (TPSA) is 357 Å². The van der Waals surface area contributed by atoms with Gasteiger partial charge in [0.1, 0.15) is 87.9 Å². The lowest BCUT2D eigenvalue weighted by molar-refractivity contribution is -0.122. The van der Waals surface area contributed by atoms with Crippen molar-refractivity contribution in [2.24, 2.45) is 5.92 Å². The Balaban J connectivity index is 1.04. The maximum Gasteiger partial charge on any atom is 0.356 e. The van der Waals surface area contributed by atoms with Crippen LogP contribution in [0.3, 0.4) is 0 Å². The Morgan fingerprint density at radius 3 is 2.13 bits per heavy atom. The lowest BCUT2D eigenvalue weighted by Crippen LogP contribution is -2.40. The molecule has 25 nitrogen and oxygen atoms in total. The van der Waals surface area contributed by atoms with Gasteiger partial charge in [-0.1, -0.05) is 44.2 Å². The summed E-state index contributed by atoms with van der Waals surface area (Å²) >= 11 is 7.02. The lowest BCUT2D eigenvalue weighted by Gasteiger charge is -2.23. The minimum Gasteiger partial charge on any atom is -0.476 e. The largest absolute Gasteiger partial charge is 0.476 e. The lowest BCUT2D eigenvalue weighted by atomic mass is 10.0. The van der Waals surface area contributed by atoms with E-state index >= 15 is 0 Å². The number of benzene rings is 1. The first-order chi connectivity index (χ1) is 40.4. The predicted octanol–water partition coefficient (Wildman–Crippen LogP) is 7.05. The van der Waals surface area contributed by atoms with Gasteiger partial charge in [-0.05, 0) is 30.5 Å².